The lowest BCUT2D eigenvalue weighted by Crippen LogP contribution is -2.60. The molecule has 2 atom stereocenters. The van der Waals surface area contributed by atoms with Gasteiger partial charge in [-0.15, -0.1) is 0 Å². The number of nitrogens with zero attached hydrogens (tertiary/aromatic N) is 2. The topological polar surface area (TPSA) is 49.0 Å². The molecule has 0 aromatic rings. The van der Waals surface area contributed by atoms with Crippen molar-refractivity contribution in [3.63, 3.8) is 0 Å². The molecule has 0 saturated carbocycles. The molecule has 0 bridgehead atoms. The summed E-state index contributed by atoms with van der Waals surface area (Å²) < 4.78 is 11.8. The second-order valence-electron chi connectivity index (χ2n) is 10.9. The van der Waals surface area contributed by atoms with E-state index in [9.17, 15) is 0 Å². The molecule has 4 aliphatic rings. The monoisotopic (exact) mass is 396 g/mol. The van der Waals surface area contributed by atoms with Gasteiger partial charge in [0, 0.05) is 37.3 Å². The lowest BCUT2D eigenvalue weighted by atomic mass is 9.95. The Kier molecular flexibility index (Phi) is 6.80. The van der Waals surface area contributed by atoms with Gasteiger partial charge < -0.3 is 14.8 Å². The van der Waals surface area contributed by atoms with Gasteiger partial charge in [-0.1, -0.05) is 0 Å². The zero-order chi connectivity index (χ0) is 20.5. The van der Waals surface area contributed by atoms with Crippen molar-refractivity contribution >= 4 is 0 Å². The maximum Gasteiger partial charge on any atom is 0.134 e. The molecule has 0 amide bonds. The number of nitrogens with one attached hydrogen (secondary N) is 2. The number of hydrogen-bond donors (Lipinski definition) is 2. The Morgan fingerprint density at radius 2 is 1.61 bits per heavy atom. The third-order valence-corrected chi connectivity index (χ3v) is 6.64. The van der Waals surface area contributed by atoms with E-state index in [0.717, 1.165) is 45.9 Å². The van der Waals surface area contributed by atoms with Gasteiger partial charge in [-0.05, 0) is 80.3 Å². The van der Waals surface area contributed by atoms with Crippen molar-refractivity contribution in [2.45, 2.75) is 89.8 Å². The quantitative estimate of drug-likeness (QED) is 0.656. The molecule has 2 spiro atoms. The summed E-state index contributed by atoms with van der Waals surface area (Å²) in [4.78, 5) is 5.04. The number of hydrogen-bond acceptors (Lipinski definition) is 6. The molecule has 0 aliphatic carbocycles. The van der Waals surface area contributed by atoms with Crippen molar-refractivity contribution in [2.75, 3.05) is 52.5 Å². The van der Waals surface area contributed by atoms with Gasteiger partial charge in [0.05, 0.1) is 13.2 Å². The number of ether oxygens (including phenoxy) is 2. The molecular formula is C22H44N4O2. The summed E-state index contributed by atoms with van der Waals surface area (Å²) in [5.41, 5.74) is 0.457. The average molecular weight is 397 g/mol. The normalized spacial score (nSPS) is 35.4. The van der Waals surface area contributed by atoms with Gasteiger partial charge in [-0.25, -0.2) is 0 Å². The van der Waals surface area contributed by atoms with Crippen LogP contribution in [0.4, 0.5) is 0 Å². The molecule has 2 unspecified atom stereocenters. The zero-order valence-corrected chi connectivity index (χ0v) is 19.2. The summed E-state index contributed by atoms with van der Waals surface area (Å²) >= 11 is 0. The highest BCUT2D eigenvalue weighted by atomic mass is 16.5. The van der Waals surface area contributed by atoms with E-state index in [2.05, 4.69) is 62.0 Å². The fourth-order valence-corrected chi connectivity index (χ4v) is 5.20. The minimum Gasteiger partial charge on any atom is -0.358 e. The van der Waals surface area contributed by atoms with Gasteiger partial charge in [0.1, 0.15) is 11.4 Å². The number of rotatable bonds is 0. The van der Waals surface area contributed by atoms with Gasteiger partial charge in [-0.3, -0.25) is 15.1 Å². The highest BCUT2D eigenvalue weighted by molar-refractivity contribution is 4.97. The summed E-state index contributed by atoms with van der Waals surface area (Å²) in [5, 5.41) is 6.96. The Hall–Kier alpha value is -0.240. The van der Waals surface area contributed by atoms with E-state index in [4.69, 9.17) is 9.47 Å². The van der Waals surface area contributed by atoms with E-state index in [1.54, 1.807) is 0 Å². The first-order valence-corrected chi connectivity index (χ1v) is 11.3. The average Bonchev–Trinajstić information content (AvgIpc) is 3.23. The SMILES string of the molecule is CC(C)(C)N1CCCC2(C1)NCCO2.CC(C)(C)N1CCOC12CCCNC2. The highest BCUT2D eigenvalue weighted by Crippen LogP contribution is 2.35. The van der Waals surface area contributed by atoms with E-state index >= 15 is 0 Å². The Balaban J connectivity index is 0.000000161. The Bertz CT molecular complexity index is 500. The van der Waals surface area contributed by atoms with Crippen LogP contribution in [0, 0.1) is 0 Å². The van der Waals surface area contributed by atoms with Gasteiger partial charge in [-0.2, -0.15) is 0 Å². The molecular weight excluding hydrogens is 352 g/mol. The van der Waals surface area contributed by atoms with Crippen LogP contribution >= 0.6 is 0 Å². The summed E-state index contributed by atoms with van der Waals surface area (Å²) in [5.74, 6) is 0. The van der Waals surface area contributed by atoms with Crippen LogP contribution in [0.2, 0.25) is 0 Å². The summed E-state index contributed by atoms with van der Waals surface area (Å²) in [6.45, 7) is 21.9. The molecule has 164 valence electrons. The van der Waals surface area contributed by atoms with Crippen LogP contribution in [-0.4, -0.2) is 84.8 Å². The van der Waals surface area contributed by atoms with Crippen molar-refractivity contribution in [1.29, 1.82) is 0 Å². The first kappa shape index (κ1) is 22.4. The largest absolute Gasteiger partial charge is 0.358 e. The Morgan fingerprint density at radius 3 is 2.18 bits per heavy atom. The van der Waals surface area contributed by atoms with Crippen LogP contribution in [0.3, 0.4) is 0 Å². The fraction of sp³-hybridized carbons (Fsp3) is 1.00. The predicted molar refractivity (Wildman–Crippen MR) is 114 cm³/mol. The lowest BCUT2D eigenvalue weighted by Gasteiger charge is -2.46. The molecule has 0 aromatic heterocycles. The van der Waals surface area contributed by atoms with Crippen LogP contribution < -0.4 is 10.6 Å². The highest BCUT2D eigenvalue weighted by Gasteiger charge is 2.47. The molecule has 2 N–H and O–H groups in total. The minimum atomic E-state index is -0.0223. The third kappa shape index (κ3) is 5.08. The van der Waals surface area contributed by atoms with Crippen molar-refractivity contribution < 1.29 is 9.47 Å². The molecule has 4 heterocycles. The second kappa shape index (κ2) is 8.48. The summed E-state index contributed by atoms with van der Waals surface area (Å²) in [7, 11) is 0. The van der Waals surface area contributed by atoms with Crippen LogP contribution in [0.25, 0.3) is 0 Å². The molecule has 0 aromatic carbocycles. The Labute approximate surface area is 172 Å². The van der Waals surface area contributed by atoms with Crippen molar-refractivity contribution in [1.82, 2.24) is 20.4 Å². The van der Waals surface area contributed by atoms with Crippen LogP contribution in [-0.2, 0) is 9.47 Å². The molecule has 28 heavy (non-hydrogen) atoms. The summed E-state index contributed by atoms with van der Waals surface area (Å²) in [6.07, 6.45) is 4.81. The van der Waals surface area contributed by atoms with Gasteiger partial charge in [0.15, 0.2) is 0 Å². The second-order valence-corrected chi connectivity index (χ2v) is 10.9. The molecule has 4 rings (SSSR count). The molecule has 4 fully saturated rings. The Morgan fingerprint density at radius 1 is 0.821 bits per heavy atom. The van der Waals surface area contributed by atoms with Gasteiger partial charge in [0.25, 0.3) is 0 Å². The van der Waals surface area contributed by atoms with Crippen LogP contribution in [0.1, 0.15) is 67.2 Å². The van der Waals surface area contributed by atoms with Crippen LogP contribution in [0.15, 0.2) is 0 Å². The molecule has 6 nitrogen and oxygen atoms in total. The fourth-order valence-electron chi connectivity index (χ4n) is 5.20. The van der Waals surface area contributed by atoms with E-state index in [1.165, 1.54) is 32.2 Å². The van der Waals surface area contributed by atoms with Crippen molar-refractivity contribution in [3.8, 4) is 0 Å². The number of likely N-dealkylation sites (tertiary alicyclic amines) is 1. The van der Waals surface area contributed by atoms with E-state index in [0.29, 0.717) is 0 Å². The standard InChI is InChI=1S/2C11H22N2O/c1-10(2,3)13-7-4-5-11(9-13)12-6-8-14-11;1-10(2,3)13-7-8-14-11(13)5-4-6-12-9-11/h2*12H,4-9H2,1-3H3. The van der Waals surface area contributed by atoms with E-state index in [-0.39, 0.29) is 22.5 Å². The summed E-state index contributed by atoms with van der Waals surface area (Å²) in [6, 6.07) is 0. The first-order chi connectivity index (χ1) is 13.1. The van der Waals surface area contributed by atoms with E-state index in [1.807, 2.05) is 0 Å². The molecule has 4 aliphatic heterocycles. The van der Waals surface area contributed by atoms with E-state index < -0.39 is 0 Å². The minimum absolute atomic E-state index is 0.00347. The first-order valence-electron chi connectivity index (χ1n) is 11.3. The third-order valence-electron chi connectivity index (χ3n) is 6.64. The molecule has 0 radical (unpaired) electrons. The maximum atomic E-state index is 5.98. The molecule has 6 heteroatoms. The number of piperidine rings is 2. The predicted octanol–water partition coefficient (Wildman–Crippen LogP) is 2.39. The van der Waals surface area contributed by atoms with Crippen LogP contribution in [0.5, 0.6) is 0 Å². The van der Waals surface area contributed by atoms with Crippen molar-refractivity contribution in [3.05, 3.63) is 0 Å². The lowest BCUT2D eigenvalue weighted by molar-refractivity contribution is -0.125. The van der Waals surface area contributed by atoms with Gasteiger partial charge in [0.2, 0.25) is 0 Å². The van der Waals surface area contributed by atoms with Crippen molar-refractivity contribution in [2.24, 2.45) is 0 Å². The maximum absolute atomic E-state index is 5.98. The zero-order valence-electron chi connectivity index (χ0n) is 19.2. The molecule has 4 saturated heterocycles. The smallest absolute Gasteiger partial charge is 0.134 e. The van der Waals surface area contributed by atoms with Gasteiger partial charge >= 0.3 is 0 Å².